The van der Waals surface area contributed by atoms with Gasteiger partial charge in [0.1, 0.15) is 5.75 Å². The quantitative estimate of drug-likeness (QED) is 0.588. The van der Waals surface area contributed by atoms with E-state index in [0.717, 1.165) is 22.4 Å². The Morgan fingerprint density at radius 1 is 1.00 bits per heavy atom. The average molecular weight is 360 g/mol. The van der Waals surface area contributed by atoms with Crippen LogP contribution in [0, 0.1) is 0 Å². The van der Waals surface area contributed by atoms with Crippen LogP contribution in [-0.2, 0) is 11.3 Å². The molecule has 4 nitrogen and oxygen atoms in total. The average Bonchev–Trinajstić information content (AvgIpc) is 2.68. The maximum atomic E-state index is 11.5. The highest BCUT2D eigenvalue weighted by Gasteiger charge is 2.10. The molecule has 3 rings (SSSR count). The molecule has 3 aromatic rings. The summed E-state index contributed by atoms with van der Waals surface area (Å²) in [5.74, 6) is 0.105. The first-order chi connectivity index (χ1) is 13.0. The number of hydrogen-bond donors (Lipinski definition) is 3. The van der Waals surface area contributed by atoms with E-state index in [9.17, 15) is 9.90 Å². The van der Waals surface area contributed by atoms with Crippen LogP contribution in [0.25, 0.3) is 11.1 Å². The van der Waals surface area contributed by atoms with Crippen molar-refractivity contribution in [2.45, 2.75) is 26.4 Å². The molecule has 1 unspecified atom stereocenters. The number of benzene rings is 3. The molecule has 0 aliphatic rings. The Morgan fingerprint density at radius 3 is 2.37 bits per heavy atom. The number of hydrogen-bond acceptors (Lipinski definition) is 3. The fourth-order valence-electron chi connectivity index (χ4n) is 3.01. The lowest BCUT2D eigenvalue weighted by molar-refractivity contribution is -0.114. The molecule has 0 heterocycles. The van der Waals surface area contributed by atoms with E-state index >= 15 is 0 Å². The number of nitrogens with one attached hydrogen (secondary N) is 2. The van der Waals surface area contributed by atoms with Gasteiger partial charge in [-0.15, -0.1) is 0 Å². The van der Waals surface area contributed by atoms with E-state index in [2.05, 4.69) is 35.8 Å². The van der Waals surface area contributed by atoms with Crippen LogP contribution in [0.3, 0.4) is 0 Å². The van der Waals surface area contributed by atoms with Crippen LogP contribution in [0.1, 0.15) is 31.0 Å². The number of amides is 1. The van der Waals surface area contributed by atoms with E-state index in [4.69, 9.17) is 0 Å². The molecule has 3 N–H and O–H groups in total. The van der Waals surface area contributed by atoms with Crippen molar-refractivity contribution < 1.29 is 9.90 Å². The van der Waals surface area contributed by atoms with Crippen molar-refractivity contribution in [3.05, 3.63) is 83.9 Å². The molecular weight excluding hydrogens is 336 g/mol. The first-order valence-corrected chi connectivity index (χ1v) is 9.01. The largest absolute Gasteiger partial charge is 0.508 e. The first kappa shape index (κ1) is 18.7. The van der Waals surface area contributed by atoms with Crippen LogP contribution in [0.5, 0.6) is 5.75 Å². The molecule has 1 atom stereocenters. The lowest BCUT2D eigenvalue weighted by atomic mass is 10.00. The van der Waals surface area contributed by atoms with Crippen molar-refractivity contribution in [3.63, 3.8) is 0 Å². The zero-order chi connectivity index (χ0) is 19.2. The lowest BCUT2D eigenvalue weighted by Gasteiger charge is -2.16. The summed E-state index contributed by atoms with van der Waals surface area (Å²) in [6, 6.07) is 23.6. The fraction of sp³-hybridized carbons (Fsp3) is 0.174. The number of phenolic OH excluding ortho intramolecular Hbond substituents is 1. The summed E-state index contributed by atoms with van der Waals surface area (Å²) in [7, 11) is 0. The molecule has 0 saturated carbocycles. The number of carbonyl (C=O) groups is 1. The topological polar surface area (TPSA) is 61.4 Å². The summed E-state index contributed by atoms with van der Waals surface area (Å²) >= 11 is 0. The van der Waals surface area contributed by atoms with Gasteiger partial charge in [0, 0.05) is 30.8 Å². The van der Waals surface area contributed by atoms with Crippen molar-refractivity contribution in [1.82, 2.24) is 5.32 Å². The number of phenols is 1. The van der Waals surface area contributed by atoms with Crippen LogP contribution in [0.4, 0.5) is 5.69 Å². The minimum absolute atomic E-state index is 0.112. The zero-order valence-electron chi connectivity index (χ0n) is 15.6. The third-order valence-electron chi connectivity index (χ3n) is 4.48. The van der Waals surface area contributed by atoms with E-state index in [1.165, 1.54) is 12.5 Å². The molecule has 4 heteroatoms. The van der Waals surface area contributed by atoms with Crippen molar-refractivity contribution >= 4 is 11.6 Å². The second kappa shape index (κ2) is 8.52. The van der Waals surface area contributed by atoms with E-state index < -0.39 is 0 Å². The smallest absolute Gasteiger partial charge is 0.221 e. The molecule has 0 bridgehead atoms. The van der Waals surface area contributed by atoms with Gasteiger partial charge in [-0.1, -0.05) is 48.5 Å². The van der Waals surface area contributed by atoms with E-state index in [1.807, 2.05) is 42.5 Å². The van der Waals surface area contributed by atoms with Crippen LogP contribution < -0.4 is 10.6 Å². The third kappa shape index (κ3) is 4.96. The van der Waals surface area contributed by atoms with Crippen LogP contribution in [0.2, 0.25) is 0 Å². The predicted molar refractivity (Wildman–Crippen MR) is 110 cm³/mol. The third-order valence-corrected chi connectivity index (χ3v) is 4.48. The Morgan fingerprint density at radius 2 is 1.70 bits per heavy atom. The molecule has 0 aliphatic carbocycles. The van der Waals surface area contributed by atoms with E-state index in [0.29, 0.717) is 6.54 Å². The highest BCUT2D eigenvalue weighted by molar-refractivity contribution is 5.94. The summed E-state index contributed by atoms with van der Waals surface area (Å²) in [6.07, 6.45) is 0. The monoisotopic (exact) mass is 360 g/mol. The Hall–Kier alpha value is -3.11. The Balaban J connectivity index is 1.83. The van der Waals surface area contributed by atoms with Gasteiger partial charge in [-0.05, 0) is 47.9 Å². The first-order valence-electron chi connectivity index (χ1n) is 9.01. The molecular formula is C23H24N2O2. The Bertz CT molecular complexity index is 905. The SMILES string of the molecule is CC(=O)Nc1ccc(CNC(C)c2ccccc2)cc1-c1ccc(O)cc1. The molecule has 27 heavy (non-hydrogen) atoms. The standard InChI is InChI=1S/C23H24N2O2/c1-16(19-6-4-3-5-7-19)24-15-18-8-13-23(25-17(2)26)22(14-18)20-9-11-21(27)12-10-20/h3-14,16,24,27H,15H2,1-2H3,(H,25,26). The Kier molecular flexibility index (Phi) is 5.89. The predicted octanol–water partition coefficient (Wildman–Crippen LogP) is 4.87. The zero-order valence-corrected chi connectivity index (χ0v) is 15.6. The van der Waals surface area contributed by atoms with Crippen LogP contribution >= 0.6 is 0 Å². The summed E-state index contributed by atoms with van der Waals surface area (Å²) in [6.45, 7) is 4.35. The number of aromatic hydroxyl groups is 1. The van der Waals surface area contributed by atoms with E-state index in [1.54, 1.807) is 12.1 Å². The maximum absolute atomic E-state index is 11.5. The molecule has 3 aromatic carbocycles. The summed E-state index contributed by atoms with van der Waals surface area (Å²) in [5.41, 5.74) is 4.99. The molecule has 0 aliphatic heterocycles. The lowest BCUT2D eigenvalue weighted by Crippen LogP contribution is -2.18. The molecule has 0 radical (unpaired) electrons. The van der Waals surface area contributed by atoms with Crippen molar-refractivity contribution in [2.24, 2.45) is 0 Å². The van der Waals surface area contributed by atoms with Gasteiger partial charge in [-0.25, -0.2) is 0 Å². The van der Waals surface area contributed by atoms with E-state index in [-0.39, 0.29) is 17.7 Å². The van der Waals surface area contributed by atoms with Gasteiger partial charge in [0.05, 0.1) is 0 Å². The van der Waals surface area contributed by atoms with Gasteiger partial charge in [-0.2, -0.15) is 0 Å². The number of carbonyl (C=O) groups excluding carboxylic acids is 1. The van der Waals surface area contributed by atoms with Gasteiger partial charge in [0.2, 0.25) is 5.91 Å². The Labute approximate surface area is 159 Å². The second-order valence-corrected chi connectivity index (χ2v) is 6.62. The normalized spacial score (nSPS) is 11.8. The maximum Gasteiger partial charge on any atom is 0.221 e. The minimum Gasteiger partial charge on any atom is -0.508 e. The van der Waals surface area contributed by atoms with Gasteiger partial charge >= 0.3 is 0 Å². The van der Waals surface area contributed by atoms with Crippen molar-refractivity contribution in [3.8, 4) is 16.9 Å². The number of anilines is 1. The highest BCUT2D eigenvalue weighted by Crippen LogP contribution is 2.30. The number of rotatable bonds is 6. The summed E-state index contributed by atoms with van der Waals surface area (Å²) in [4.78, 5) is 11.5. The summed E-state index contributed by atoms with van der Waals surface area (Å²) < 4.78 is 0. The van der Waals surface area contributed by atoms with Gasteiger partial charge in [0.25, 0.3) is 0 Å². The van der Waals surface area contributed by atoms with Gasteiger partial charge < -0.3 is 15.7 Å². The van der Waals surface area contributed by atoms with Crippen molar-refractivity contribution in [2.75, 3.05) is 5.32 Å². The molecule has 0 fully saturated rings. The molecule has 1 amide bonds. The minimum atomic E-state index is -0.112. The van der Waals surface area contributed by atoms with Gasteiger partial charge in [-0.3, -0.25) is 4.79 Å². The van der Waals surface area contributed by atoms with Gasteiger partial charge in [0.15, 0.2) is 0 Å². The molecule has 0 saturated heterocycles. The fourth-order valence-corrected chi connectivity index (χ4v) is 3.01. The van der Waals surface area contributed by atoms with Crippen LogP contribution in [-0.4, -0.2) is 11.0 Å². The second-order valence-electron chi connectivity index (χ2n) is 6.62. The molecule has 0 aromatic heterocycles. The van der Waals surface area contributed by atoms with Crippen molar-refractivity contribution in [1.29, 1.82) is 0 Å². The van der Waals surface area contributed by atoms with Crippen LogP contribution in [0.15, 0.2) is 72.8 Å². The summed E-state index contributed by atoms with van der Waals surface area (Å²) in [5, 5.41) is 16.0. The highest BCUT2D eigenvalue weighted by atomic mass is 16.3. The molecule has 0 spiro atoms. The molecule has 138 valence electrons.